The molecule has 8 heteroatoms. The molecule has 1 aliphatic rings. The molecule has 1 amide bonds. The summed E-state index contributed by atoms with van der Waals surface area (Å²) in [7, 11) is -3.54. The summed E-state index contributed by atoms with van der Waals surface area (Å²) in [6, 6.07) is 6.17. The maximum atomic E-state index is 12.9. The molecule has 0 aromatic heterocycles. The second-order valence-corrected chi connectivity index (χ2v) is 10.5. The average molecular weight is 432 g/mol. The normalized spacial score (nSPS) is 23.0. The quantitative estimate of drug-likeness (QED) is 0.724. The minimum atomic E-state index is -3.54. The maximum absolute atomic E-state index is 12.9. The summed E-state index contributed by atoms with van der Waals surface area (Å²) in [5.74, 6) is 0.618. The van der Waals surface area contributed by atoms with E-state index in [0.717, 1.165) is 6.42 Å². The number of amides is 1. The number of carbonyl (C=O) groups excluding carboxylic acids is 1. The van der Waals surface area contributed by atoms with E-state index < -0.39 is 15.6 Å². The van der Waals surface area contributed by atoms with E-state index in [1.165, 1.54) is 12.1 Å². The molecule has 1 aromatic rings. The van der Waals surface area contributed by atoms with Gasteiger partial charge in [0.05, 0.1) is 10.4 Å². The Kier molecular flexibility index (Phi) is 8.50. The van der Waals surface area contributed by atoms with Crippen LogP contribution in [0.2, 0.25) is 0 Å². The van der Waals surface area contributed by atoms with Gasteiger partial charge in [0.2, 0.25) is 10.0 Å². The number of halogens is 1. The molecule has 1 saturated heterocycles. The fraction of sp³-hybridized carbons (Fsp3) is 0.650. The van der Waals surface area contributed by atoms with Crippen molar-refractivity contribution in [1.82, 2.24) is 9.62 Å². The number of nitrogens with two attached hydrogens (primary N) is 1. The van der Waals surface area contributed by atoms with Gasteiger partial charge in [0.1, 0.15) is 0 Å². The summed E-state index contributed by atoms with van der Waals surface area (Å²) in [5.41, 5.74) is 5.73. The van der Waals surface area contributed by atoms with Crippen molar-refractivity contribution in [3.8, 4) is 0 Å². The molecule has 160 valence electrons. The summed E-state index contributed by atoms with van der Waals surface area (Å²) < 4.78 is 27.4. The maximum Gasteiger partial charge on any atom is 0.251 e. The highest BCUT2D eigenvalue weighted by Crippen LogP contribution is 2.27. The van der Waals surface area contributed by atoms with Crippen LogP contribution < -0.4 is 11.1 Å². The second-order valence-electron chi connectivity index (χ2n) is 8.52. The summed E-state index contributed by atoms with van der Waals surface area (Å²) >= 11 is 0. The summed E-state index contributed by atoms with van der Waals surface area (Å²) in [6.45, 7) is 11.5. The van der Waals surface area contributed by atoms with Gasteiger partial charge in [0.15, 0.2) is 0 Å². The first-order valence-corrected chi connectivity index (χ1v) is 11.1. The first kappa shape index (κ1) is 24.9. The zero-order chi connectivity index (χ0) is 20.4. The third kappa shape index (κ3) is 5.47. The average Bonchev–Trinajstić information content (AvgIpc) is 2.60. The molecule has 2 rings (SSSR count). The molecule has 28 heavy (non-hydrogen) atoms. The molecule has 3 N–H and O–H groups in total. The molecule has 1 aromatic carbocycles. The van der Waals surface area contributed by atoms with E-state index in [0.29, 0.717) is 37.0 Å². The van der Waals surface area contributed by atoms with E-state index in [1.807, 2.05) is 20.8 Å². The van der Waals surface area contributed by atoms with Crippen molar-refractivity contribution in [3.63, 3.8) is 0 Å². The van der Waals surface area contributed by atoms with Crippen molar-refractivity contribution in [1.29, 1.82) is 0 Å². The Hall–Kier alpha value is -1.15. The fourth-order valence-electron chi connectivity index (χ4n) is 3.49. The number of benzene rings is 1. The van der Waals surface area contributed by atoms with Gasteiger partial charge in [-0.15, -0.1) is 12.4 Å². The zero-order valence-electron chi connectivity index (χ0n) is 17.4. The molecule has 0 bridgehead atoms. The van der Waals surface area contributed by atoms with Crippen LogP contribution in [0.3, 0.4) is 0 Å². The third-order valence-electron chi connectivity index (χ3n) is 5.69. The van der Waals surface area contributed by atoms with Gasteiger partial charge in [-0.1, -0.05) is 27.7 Å². The Labute approximate surface area is 175 Å². The Morgan fingerprint density at radius 2 is 1.71 bits per heavy atom. The van der Waals surface area contributed by atoms with Crippen LogP contribution in [0.5, 0.6) is 0 Å². The van der Waals surface area contributed by atoms with Crippen molar-refractivity contribution < 1.29 is 13.2 Å². The van der Waals surface area contributed by atoms with Gasteiger partial charge in [-0.25, -0.2) is 8.42 Å². The third-order valence-corrected chi connectivity index (χ3v) is 7.53. The largest absolute Gasteiger partial charge is 0.345 e. The number of piperidine rings is 1. The van der Waals surface area contributed by atoms with Gasteiger partial charge in [0.25, 0.3) is 5.91 Å². The predicted octanol–water partition coefficient (Wildman–Crippen LogP) is 2.88. The van der Waals surface area contributed by atoms with Gasteiger partial charge in [-0.2, -0.15) is 4.31 Å². The number of sulfonamides is 1. The predicted molar refractivity (Wildman–Crippen MR) is 115 cm³/mol. The van der Waals surface area contributed by atoms with E-state index in [4.69, 9.17) is 5.73 Å². The number of nitrogens with one attached hydrogen (secondary N) is 1. The van der Waals surface area contributed by atoms with Crippen molar-refractivity contribution in [2.45, 2.75) is 51.5 Å². The Bertz CT molecular complexity index is 757. The van der Waals surface area contributed by atoms with Crippen LogP contribution in [0.25, 0.3) is 0 Å². The smallest absolute Gasteiger partial charge is 0.251 e. The highest BCUT2D eigenvalue weighted by molar-refractivity contribution is 7.89. The molecule has 0 spiro atoms. The highest BCUT2D eigenvalue weighted by atomic mass is 35.5. The van der Waals surface area contributed by atoms with E-state index >= 15 is 0 Å². The summed E-state index contributed by atoms with van der Waals surface area (Å²) in [5, 5.41) is 2.97. The molecule has 0 saturated carbocycles. The minimum absolute atomic E-state index is 0. The SMILES string of the molecule is CC1CC(C)CN(S(=O)(=O)c2ccc(C(=O)NC(C)(CN)C(C)C)cc2)C1.Cl. The Morgan fingerprint density at radius 3 is 2.14 bits per heavy atom. The van der Waals surface area contributed by atoms with Crippen LogP contribution in [-0.4, -0.2) is 43.8 Å². The van der Waals surface area contributed by atoms with E-state index in [-0.39, 0.29) is 29.1 Å². The summed E-state index contributed by atoms with van der Waals surface area (Å²) in [4.78, 5) is 12.8. The zero-order valence-corrected chi connectivity index (χ0v) is 19.1. The molecule has 1 heterocycles. The Balaban J connectivity index is 0.00000392. The van der Waals surface area contributed by atoms with Crippen LogP contribution in [0, 0.1) is 17.8 Å². The topological polar surface area (TPSA) is 92.5 Å². The highest BCUT2D eigenvalue weighted by Gasteiger charge is 2.32. The first-order valence-electron chi connectivity index (χ1n) is 9.62. The second kappa shape index (κ2) is 9.57. The molecule has 1 aliphatic heterocycles. The molecule has 6 nitrogen and oxygen atoms in total. The lowest BCUT2D eigenvalue weighted by molar-refractivity contribution is 0.0883. The van der Waals surface area contributed by atoms with Crippen LogP contribution in [0.4, 0.5) is 0 Å². The van der Waals surface area contributed by atoms with Crippen LogP contribution in [0.15, 0.2) is 29.2 Å². The monoisotopic (exact) mass is 431 g/mol. The fourth-order valence-corrected chi connectivity index (χ4v) is 5.17. The molecule has 3 unspecified atom stereocenters. The van der Waals surface area contributed by atoms with Gasteiger partial charge >= 0.3 is 0 Å². The van der Waals surface area contributed by atoms with Gasteiger partial charge in [-0.05, 0) is 55.4 Å². The van der Waals surface area contributed by atoms with Gasteiger partial charge in [0, 0.05) is 25.2 Å². The number of rotatable bonds is 6. The molecule has 1 fully saturated rings. The van der Waals surface area contributed by atoms with Gasteiger partial charge < -0.3 is 11.1 Å². The molecule has 0 radical (unpaired) electrons. The van der Waals surface area contributed by atoms with Crippen LogP contribution in [0.1, 0.15) is 51.4 Å². The standard InChI is InChI=1S/C20H33N3O3S.ClH/c1-14(2)20(5,13-21)22-19(24)17-6-8-18(9-7-17)27(25,26)23-11-15(3)10-16(4)12-23;/h6-9,14-16H,10-13,21H2,1-5H3,(H,22,24);1H. The first-order chi connectivity index (χ1) is 12.5. The number of hydrogen-bond donors (Lipinski definition) is 2. The number of hydrogen-bond acceptors (Lipinski definition) is 4. The number of nitrogens with zero attached hydrogens (tertiary/aromatic N) is 1. The van der Waals surface area contributed by atoms with Crippen molar-refractivity contribution >= 4 is 28.3 Å². The lowest BCUT2D eigenvalue weighted by atomic mass is 9.88. The Morgan fingerprint density at radius 1 is 1.21 bits per heavy atom. The summed E-state index contributed by atoms with van der Waals surface area (Å²) in [6.07, 6.45) is 1.04. The molecular weight excluding hydrogens is 398 g/mol. The minimum Gasteiger partial charge on any atom is -0.345 e. The van der Waals surface area contributed by atoms with Crippen molar-refractivity contribution in [2.75, 3.05) is 19.6 Å². The van der Waals surface area contributed by atoms with Crippen molar-refractivity contribution in [2.24, 2.45) is 23.5 Å². The molecular formula is C20H34ClN3O3S. The van der Waals surface area contributed by atoms with E-state index in [2.05, 4.69) is 19.2 Å². The lowest BCUT2D eigenvalue weighted by Gasteiger charge is -2.34. The molecule has 3 atom stereocenters. The van der Waals surface area contributed by atoms with Crippen LogP contribution >= 0.6 is 12.4 Å². The van der Waals surface area contributed by atoms with Gasteiger partial charge in [-0.3, -0.25) is 4.79 Å². The van der Waals surface area contributed by atoms with Crippen molar-refractivity contribution in [3.05, 3.63) is 29.8 Å². The van der Waals surface area contributed by atoms with E-state index in [1.54, 1.807) is 16.4 Å². The number of carbonyl (C=O) groups is 1. The van der Waals surface area contributed by atoms with Crippen LogP contribution in [-0.2, 0) is 10.0 Å². The molecule has 0 aliphatic carbocycles. The lowest BCUT2D eigenvalue weighted by Crippen LogP contribution is -2.55. The van der Waals surface area contributed by atoms with E-state index in [9.17, 15) is 13.2 Å².